The van der Waals surface area contributed by atoms with Gasteiger partial charge in [-0.05, 0) is 38.1 Å². The maximum atomic E-state index is 12.7. The van der Waals surface area contributed by atoms with Gasteiger partial charge < -0.3 is 5.32 Å². The molecule has 1 aromatic carbocycles. The van der Waals surface area contributed by atoms with E-state index in [2.05, 4.69) is 10.4 Å². The second-order valence-corrected chi connectivity index (χ2v) is 3.80. The van der Waals surface area contributed by atoms with Crippen LogP contribution in [-0.4, -0.2) is 9.78 Å². The zero-order valence-electron chi connectivity index (χ0n) is 9.58. The van der Waals surface area contributed by atoms with E-state index in [1.165, 1.54) is 12.1 Å². The fourth-order valence-electron chi connectivity index (χ4n) is 1.63. The Balaban J connectivity index is 2.30. The van der Waals surface area contributed by atoms with Crippen LogP contribution in [0.2, 0.25) is 0 Å². The second-order valence-electron chi connectivity index (χ2n) is 3.80. The molecule has 4 heteroatoms. The number of benzene rings is 1. The van der Waals surface area contributed by atoms with Crippen LogP contribution >= 0.6 is 0 Å². The Bertz CT molecular complexity index is 500. The van der Waals surface area contributed by atoms with Crippen molar-refractivity contribution in [3.8, 4) is 0 Å². The molecule has 16 heavy (non-hydrogen) atoms. The first-order valence-corrected chi connectivity index (χ1v) is 5.10. The first-order chi connectivity index (χ1) is 7.58. The van der Waals surface area contributed by atoms with Crippen molar-refractivity contribution in [3.05, 3.63) is 41.5 Å². The van der Waals surface area contributed by atoms with Gasteiger partial charge in [0, 0.05) is 12.7 Å². The molecule has 0 saturated carbocycles. The van der Waals surface area contributed by atoms with E-state index in [1.807, 2.05) is 25.6 Å². The van der Waals surface area contributed by atoms with Gasteiger partial charge in [0.25, 0.3) is 0 Å². The molecule has 0 saturated heterocycles. The van der Waals surface area contributed by atoms with Gasteiger partial charge in [-0.2, -0.15) is 5.10 Å². The van der Waals surface area contributed by atoms with Crippen LogP contribution in [0, 0.1) is 19.7 Å². The van der Waals surface area contributed by atoms with Crippen molar-refractivity contribution in [1.82, 2.24) is 9.78 Å². The third-order valence-corrected chi connectivity index (χ3v) is 2.62. The molecule has 0 radical (unpaired) electrons. The Hall–Kier alpha value is -1.84. The molecule has 1 heterocycles. The molecule has 1 N–H and O–H groups in total. The molecule has 0 bridgehead atoms. The van der Waals surface area contributed by atoms with Crippen LogP contribution in [0.5, 0.6) is 0 Å². The summed E-state index contributed by atoms with van der Waals surface area (Å²) in [5.74, 6) is -0.231. The van der Waals surface area contributed by atoms with Crippen molar-refractivity contribution in [2.45, 2.75) is 13.8 Å². The molecular formula is C12H14FN3. The van der Waals surface area contributed by atoms with Gasteiger partial charge in [0.15, 0.2) is 0 Å². The summed E-state index contributed by atoms with van der Waals surface area (Å²) in [6.45, 7) is 3.94. The van der Waals surface area contributed by atoms with E-state index in [0.29, 0.717) is 0 Å². The lowest BCUT2D eigenvalue weighted by Gasteiger charge is -2.06. The second kappa shape index (κ2) is 3.96. The smallest absolute Gasteiger partial charge is 0.123 e. The number of aryl methyl sites for hydroxylation is 2. The summed E-state index contributed by atoms with van der Waals surface area (Å²) in [7, 11) is 1.90. The predicted molar refractivity (Wildman–Crippen MR) is 62.4 cm³/mol. The van der Waals surface area contributed by atoms with E-state index in [9.17, 15) is 4.39 Å². The lowest BCUT2D eigenvalue weighted by Crippen LogP contribution is -1.95. The number of nitrogens with zero attached hydrogens (tertiary/aromatic N) is 2. The highest BCUT2D eigenvalue weighted by molar-refractivity contribution is 5.63. The minimum Gasteiger partial charge on any atom is -0.353 e. The predicted octanol–water partition coefficient (Wildman–Crippen LogP) is 2.92. The Morgan fingerprint density at radius 2 is 1.81 bits per heavy atom. The molecule has 0 unspecified atom stereocenters. The number of nitrogens with one attached hydrogen (secondary N) is 1. The van der Waals surface area contributed by atoms with Crippen LogP contribution in [0.4, 0.5) is 15.8 Å². The van der Waals surface area contributed by atoms with E-state index in [0.717, 1.165) is 22.8 Å². The minimum absolute atomic E-state index is 0.231. The highest BCUT2D eigenvalue weighted by Crippen LogP contribution is 2.23. The van der Waals surface area contributed by atoms with Crippen LogP contribution in [0.1, 0.15) is 11.4 Å². The maximum Gasteiger partial charge on any atom is 0.123 e. The SMILES string of the molecule is Cc1nn(C)c(C)c1Nc1ccc(F)cc1. The van der Waals surface area contributed by atoms with Gasteiger partial charge in [-0.15, -0.1) is 0 Å². The Morgan fingerprint density at radius 3 is 2.31 bits per heavy atom. The number of hydrogen-bond donors (Lipinski definition) is 1. The van der Waals surface area contributed by atoms with E-state index in [4.69, 9.17) is 0 Å². The number of halogens is 1. The lowest BCUT2D eigenvalue weighted by molar-refractivity contribution is 0.628. The average Bonchev–Trinajstić information content (AvgIpc) is 2.48. The highest BCUT2D eigenvalue weighted by atomic mass is 19.1. The van der Waals surface area contributed by atoms with Gasteiger partial charge in [-0.25, -0.2) is 4.39 Å². The van der Waals surface area contributed by atoms with Crippen LogP contribution < -0.4 is 5.32 Å². The monoisotopic (exact) mass is 219 g/mol. The number of aromatic nitrogens is 2. The molecule has 0 amide bonds. The van der Waals surface area contributed by atoms with Crippen molar-refractivity contribution >= 4 is 11.4 Å². The van der Waals surface area contributed by atoms with E-state index < -0.39 is 0 Å². The van der Waals surface area contributed by atoms with Gasteiger partial charge >= 0.3 is 0 Å². The van der Waals surface area contributed by atoms with Crippen LogP contribution in [0.25, 0.3) is 0 Å². The van der Waals surface area contributed by atoms with Crippen LogP contribution in [0.3, 0.4) is 0 Å². The zero-order valence-corrected chi connectivity index (χ0v) is 9.58. The lowest BCUT2D eigenvalue weighted by atomic mass is 10.2. The molecule has 0 aliphatic carbocycles. The highest BCUT2D eigenvalue weighted by Gasteiger charge is 2.08. The average molecular weight is 219 g/mol. The third kappa shape index (κ3) is 1.91. The zero-order chi connectivity index (χ0) is 11.7. The summed E-state index contributed by atoms with van der Waals surface area (Å²) in [6.07, 6.45) is 0. The van der Waals surface area contributed by atoms with Crippen molar-refractivity contribution in [2.75, 3.05) is 5.32 Å². The van der Waals surface area contributed by atoms with Gasteiger partial charge in [-0.3, -0.25) is 4.68 Å². The van der Waals surface area contributed by atoms with Crippen LogP contribution in [0.15, 0.2) is 24.3 Å². The van der Waals surface area contributed by atoms with Crippen molar-refractivity contribution in [1.29, 1.82) is 0 Å². The van der Waals surface area contributed by atoms with E-state index >= 15 is 0 Å². The van der Waals surface area contributed by atoms with Gasteiger partial charge in [0.05, 0.1) is 17.1 Å². The third-order valence-electron chi connectivity index (χ3n) is 2.62. The van der Waals surface area contributed by atoms with Gasteiger partial charge in [-0.1, -0.05) is 0 Å². The molecule has 0 fully saturated rings. The standard InChI is InChI=1S/C12H14FN3/c1-8-12(9(2)16(3)15-8)14-11-6-4-10(13)5-7-11/h4-7,14H,1-3H3. The fraction of sp³-hybridized carbons (Fsp3) is 0.250. The molecule has 84 valence electrons. The quantitative estimate of drug-likeness (QED) is 0.841. The van der Waals surface area contributed by atoms with E-state index in [-0.39, 0.29) is 5.82 Å². The first-order valence-electron chi connectivity index (χ1n) is 5.10. The molecule has 0 spiro atoms. The van der Waals surface area contributed by atoms with E-state index in [1.54, 1.807) is 12.1 Å². The fourth-order valence-corrected chi connectivity index (χ4v) is 1.63. The summed E-state index contributed by atoms with van der Waals surface area (Å²) in [5.41, 5.74) is 3.83. The van der Waals surface area contributed by atoms with Gasteiger partial charge in [0.1, 0.15) is 5.82 Å². The molecule has 1 aromatic heterocycles. The molecule has 0 aliphatic heterocycles. The number of hydrogen-bond acceptors (Lipinski definition) is 2. The summed E-state index contributed by atoms with van der Waals surface area (Å²) >= 11 is 0. The van der Waals surface area contributed by atoms with Crippen molar-refractivity contribution < 1.29 is 4.39 Å². The molecule has 0 aliphatic rings. The maximum absolute atomic E-state index is 12.7. The molecule has 2 aromatic rings. The number of rotatable bonds is 2. The summed E-state index contributed by atoms with van der Waals surface area (Å²) in [5, 5.41) is 7.54. The van der Waals surface area contributed by atoms with Gasteiger partial charge in [0.2, 0.25) is 0 Å². The van der Waals surface area contributed by atoms with Crippen molar-refractivity contribution in [2.24, 2.45) is 7.05 Å². The topological polar surface area (TPSA) is 29.9 Å². The van der Waals surface area contributed by atoms with Crippen LogP contribution in [-0.2, 0) is 7.05 Å². The Kier molecular flexibility index (Phi) is 2.64. The summed E-state index contributed by atoms with van der Waals surface area (Å²) < 4.78 is 14.6. The molecule has 0 atom stereocenters. The summed E-state index contributed by atoms with van der Waals surface area (Å²) in [4.78, 5) is 0. The Morgan fingerprint density at radius 1 is 1.19 bits per heavy atom. The Labute approximate surface area is 93.9 Å². The molecular weight excluding hydrogens is 205 g/mol. The summed E-state index contributed by atoms with van der Waals surface area (Å²) in [6, 6.07) is 6.29. The minimum atomic E-state index is -0.231. The molecule has 2 rings (SSSR count). The largest absolute Gasteiger partial charge is 0.353 e. The first kappa shape index (κ1) is 10.7. The van der Waals surface area contributed by atoms with Crippen molar-refractivity contribution in [3.63, 3.8) is 0 Å². The number of anilines is 2. The molecule has 3 nitrogen and oxygen atoms in total. The normalized spacial score (nSPS) is 10.5.